The minimum absolute atomic E-state index is 0.585. The Morgan fingerprint density at radius 3 is 3.27 bits per heavy atom. The maximum atomic E-state index is 4.29. The van der Waals surface area contributed by atoms with Crippen molar-refractivity contribution in [2.24, 2.45) is 5.92 Å². The van der Waals surface area contributed by atoms with Gasteiger partial charge in [-0.1, -0.05) is 11.3 Å². The molecule has 1 aliphatic carbocycles. The second kappa shape index (κ2) is 2.80. The Hall–Kier alpha value is -0.940. The van der Waals surface area contributed by atoms with Gasteiger partial charge in [-0.15, -0.1) is 0 Å². The first-order chi connectivity index (χ1) is 7.43. The zero-order valence-corrected chi connectivity index (χ0v) is 9.13. The van der Waals surface area contributed by atoms with Gasteiger partial charge >= 0.3 is 0 Å². The topological polar surface area (TPSA) is 42.2 Å². The summed E-state index contributed by atoms with van der Waals surface area (Å²) in [5.41, 5.74) is 1.39. The highest BCUT2D eigenvalue weighted by Gasteiger charge is 2.37. The molecule has 0 saturated heterocycles. The quantitative estimate of drug-likeness (QED) is 0.789. The van der Waals surface area contributed by atoms with Crippen LogP contribution in [0.4, 0.5) is 0 Å². The molecule has 1 N–H and O–H groups in total. The first kappa shape index (κ1) is 8.24. The Kier molecular flexibility index (Phi) is 1.54. The van der Waals surface area contributed by atoms with Crippen LogP contribution in [0.1, 0.15) is 29.5 Å². The van der Waals surface area contributed by atoms with Gasteiger partial charge in [0, 0.05) is 23.9 Å². The van der Waals surface area contributed by atoms with Crippen molar-refractivity contribution < 1.29 is 0 Å². The van der Waals surface area contributed by atoms with E-state index in [0.717, 1.165) is 23.8 Å². The molecule has 0 spiro atoms. The number of hydrogen-bond donors (Lipinski definition) is 1. The summed E-state index contributed by atoms with van der Waals surface area (Å²) in [7, 11) is 0. The highest BCUT2D eigenvalue weighted by Crippen LogP contribution is 2.45. The van der Waals surface area contributed by atoms with Gasteiger partial charge in [-0.2, -0.15) is 5.10 Å². The van der Waals surface area contributed by atoms with E-state index in [1.54, 1.807) is 6.33 Å². The molecule has 1 unspecified atom stereocenters. The smallest absolute Gasteiger partial charge is 0.212 e. The fraction of sp³-hybridized carbons (Fsp3) is 0.600. The lowest BCUT2D eigenvalue weighted by molar-refractivity contribution is 0.458. The van der Waals surface area contributed by atoms with Crippen molar-refractivity contribution in [3.05, 3.63) is 16.9 Å². The van der Waals surface area contributed by atoms with Crippen molar-refractivity contribution in [3.8, 4) is 0 Å². The number of rotatable bonds is 1. The number of nitrogens with zero attached hydrogens (tertiary/aromatic N) is 3. The molecule has 1 atom stereocenters. The van der Waals surface area contributed by atoms with E-state index in [9.17, 15) is 0 Å². The minimum atomic E-state index is 0.585. The maximum absolute atomic E-state index is 4.29. The second-order valence-electron chi connectivity index (χ2n) is 4.39. The SMILES string of the molecule is c1nc2sc3c(n2n1)CCNC3C1CC1. The summed E-state index contributed by atoms with van der Waals surface area (Å²) in [5.74, 6) is 0.868. The van der Waals surface area contributed by atoms with Crippen LogP contribution in [0.25, 0.3) is 4.96 Å². The van der Waals surface area contributed by atoms with Crippen molar-refractivity contribution in [1.82, 2.24) is 19.9 Å². The highest BCUT2D eigenvalue weighted by atomic mass is 32.1. The predicted molar refractivity (Wildman–Crippen MR) is 58.0 cm³/mol. The summed E-state index contributed by atoms with van der Waals surface area (Å²) in [4.78, 5) is 6.82. The number of thiazole rings is 1. The van der Waals surface area contributed by atoms with Gasteiger partial charge in [-0.3, -0.25) is 0 Å². The largest absolute Gasteiger partial charge is 0.309 e. The molecule has 1 aliphatic heterocycles. The average molecular weight is 220 g/mol. The van der Waals surface area contributed by atoms with Crippen molar-refractivity contribution in [1.29, 1.82) is 0 Å². The lowest BCUT2D eigenvalue weighted by Gasteiger charge is -2.22. The molecule has 2 aromatic heterocycles. The number of aromatic nitrogens is 3. The van der Waals surface area contributed by atoms with Crippen LogP contribution in [0.15, 0.2) is 6.33 Å². The third kappa shape index (κ3) is 1.10. The predicted octanol–water partition coefficient (Wildman–Crippen LogP) is 1.39. The van der Waals surface area contributed by atoms with Crippen LogP contribution in [-0.4, -0.2) is 21.1 Å². The van der Waals surface area contributed by atoms with Gasteiger partial charge in [0.25, 0.3) is 0 Å². The summed E-state index contributed by atoms with van der Waals surface area (Å²) in [6.45, 7) is 1.08. The summed E-state index contributed by atoms with van der Waals surface area (Å²) in [6, 6.07) is 0.585. The van der Waals surface area contributed by atoms with E-state index in [2.05, 4.69) is 15.4 Å². The third-order valence-electron chi connectivity index (χ3n) is 3.36. The monoisotopic (exact) mass is 220 g/mol. The van der Waals surface area contributed by atoms with Crippen LogP contribution >= 0.6 is 11.3 Å². The molecule has 3 heterocycles. The lowest BCUT2D eigenvalue weighted by Crippen LogP contribution is -2.30. The minimum Gasteiger partial charge on any atom is -0.309 e. The fourth-order valence-electron chi connectivity index (χ4n) is 2.47. The molecule has 0 aromatic carbocycles. The van der Waals surface area contributed by atoms with Gasteiger partial charge in [-0.25, -0.2) is 9.50 Å². The van der Waals surface area contributed by atoms with E-state index >= 15 is 0 Å². The summed E-state index contributed by atoms with van der Waals surface area (Å²) >= 11 is 1.81. The Morgan fingerprint density at radius 2 is 2.40 bits per heavy atom. The third-order valence-corrected chi connectivity index (χ3v) is 4.53. The maximum Gasteiger partial charge on any atom is 0.212 e. The number of hydrogen-bond acceptors (Lipinski definition) is 4. The van der Waals surface area contributed by atoms with Crippen LogP contribution < -0.4 is 5.32 Å². The molecular weight excluding hydrogens is 208 g/mol. The van der Waals surface area contributed by atoms with Gasteiger partial charge in [0.2, 0.25) is 4.96 Å². The molecule has 2 aliphatic rings. The van der Waals surface area contributed by atoms with E-state index in [0.29, 0.717) is 6.04 Å². The molecule has 4 nitrogen and oxygen atoms in total. The molecule has 1 fully saturated rings. The Bertz CT molecular complexity index is 510. The standard InChI is InChI=1S/C10H12N4S/c1-2-6(1)8-9-7(3-4-11-8)14-10(15-9)12-5-13-14/h5-6,8,11H,1-4H2. The van der Waals surface area contributed by atoms with Crippen molar-refractivity contribution in [2.75, 3.05) is 6.54 Å². The summed E-state index contributed by atoms with van der Waals surface area (Å²) < 4.78 is 2.02. The Labute approximate surface area is 91.3 Å². The van der Waals surface area contributed by atoms with Gasteiger partial charge < -0.3 is 5.32 Å². The van der Waals surface area contributed by atoms with Crippen molar-refractivity contribution >= 4 is 16.3 Å². The first-order valence-electron chi connectivity index (χ1n) is 5.48. The van der Waals surface area contributed by atoms with Gasteiger partial charge in [-0.05, 0) is 18.8 Å². The Balaban J connectivity index is 1.92. The second-order valence-corrected chi connectivity index (χ2v) is 5.40. The molecule has 1 saturated carbocycles. The molecule has 15 heavy (non-hydrogen) atoms. The van der Waals surface area contributed by atoms with Gasteiger partial charge in [0.05, 0.1) is 5.69 Å². The first-order valence-corrected chi connectivity index (χ1v) is 6.30. The molecule has 5 heteroatoms. The van der Waals surface area contributed by atoms with Crippen LogP contribution in [0, 0.1) is 5.92 Å². The number of nitrogens with one attached hydrogen (secondary N) is 1. The van der Waals surface area contributed by atoms with Gasteiger partial charge in [0.1, 0.15) is 6.33 Å². The highest BCUT2D eigenvalue weighted by molar-refractivity contribution is 7.17. The van der Waals surface area contributed by atoms with E-state index < -0.39 is 0 Å². The summed E-state index contributed by atoms with van der Waals surface area (Å²) in [5, 5.41) is 7.92. The zero-order chi connectivity index (χ0) is 9.83. The van der Waals surface area contributed by atoms with E-state index in [1.807, 2.05) is 15.9 Å². The number of fused-ring (bicyclic) bond motifs is 3. The average Bonchev–Trinajstić information content (AvgIpc) is 2.87. The van der Waals surface area contributed by atoms with Crippen LogP contribution in [0.5, 0.6) is 0 Å². The molecular formula is C10H12N4S. The van der Waals surface area contributed by atoms with Crippen LogP contribution in [0.2, 0.25) is 0 Å². The van der Waals surface area contributed by atoms with Crippen molar-refractivity contribution in [3.63, 3.8) is 0 Å². The zero-order valence-electron chi connectivity index (χ0n) is 8.31. The van der Waals surface area contributed by atoms with E-state index in [-0.39, 0.29) is 0 Å². The van der Waals surface area contributed by atoms with Crippen LogP contribution in [0.3, 0.4) is 0 Å². The molecule has 0 bridgehead atoms. The Morgan fingerprint density at radius 1 is 1.47 bits per heavy atom. The normalized spacial score (nSPS) is 25.7. The molecule has 78 valence electrons. The lowest BCUT2D eigenvalue weighted by atomic mass is 10.0. The molecule has 0 radical (unpaired) electrons. The van der Waals surface area contributed by atoms with Crippen molar-refractivity contribution in [2.45, 2.75) is 25.3 Å². The summed E-state index contributed by atoms with van der Waals surface area (Å²) in [6.07, 6.45) is 5.50. The van der Waals surface area contributed by atoms with Gasteiger partial charge in [0.15, 0.2) is 0 Å². The molecule has 2 aromatic rings. The van der Waals surface area contributed by atoms with E-state index in [1.165, 1.54) is 23.4 Å². The molecule has 0 amide bonds. The fourth-order valence-corrected chi connectivity index (χ4v) is 3.72. The molecule has 4 rings (SSSR count). The van der Waals surface area contributed by atoms with Crippen LogP contribution in [-0.2, 0) is 6.42 Å². The van der Waals surface area contributed by atoms with E-state index in [4.69, 9.17) is 0 Å².